The molecule has 0 aliphatic rings. The van der Waals surface area contributed by atoms with E-state index in [1.54, 1.807) is 0 Å². The molecule has 1 aromatic heterocycles. The molecule has 2 N–H and O–H groups in total. The van der Waals surface area contributed by atoms with Crippen molar-refractivity contribution in [1.82, 2.24) is 15.0 Å². The second kappa shape index (κ2) is 6.67. The number of halogens is 3. The molecule has 0 aliphatic heterocycles. The van der Waals surface area contributed by atoms with Crippen molar-refractivity contribution in [2.24, 2.45) is 0 Å². The first-order chi connectivity index (χ1) is 9.58. The third kappa shape index (κ3) is 3.91. The molecule has 0 bridgehead atoms. The second-order valence-corrected chi connectivity index (χ2v) is 4.70. The SMILES string of the molecule is CCCNc1nc(Cl)nc(Nc2cc(Cl)ccc2F)n1. The Morgan fingerprint density at radius 1 is 1.15 bits per heavy atom. The molecule has 0 aliphatic carbocycles. The minimum Gasteiger partial charge on any atom is -0.354 e. The van der Waals surface area contributed by atoms with E-state index in [0.717, 1.165) is 6.42 Å². The average Bonchev–Trinajstić information content (AvgIpc) is 2.40. The van der Waals surface area contributed by atoms with Crippen molar-refractivity contribution in [1.29, 1.82) is 0 Å². The van der Waals surface area contributed by atoms with E-state index in [2.05, 4.69) is 25.6 Å². The van der Waals surface area contributed by atoms with Gasteiger partial charge in [-0.3, -0.25) is 0 Å². The molecule has 0 unspecified atom stereocenters. The van der Waals surface area contributed by atoms with Gasteiger partial charge in [0.2, 0.25) is 17.2 Å². The summed E-state index contributed by atoms with van der Waals surface area (Å²) in [5.41, 5.74) is 0.168. The maximum atomic E-state index is 13.6. The van der Waals surface area contributed by atoms with Crippen molar-refractivity contribution in [3.63, 3.8) is 0 Å². The van der Waals surface area contributed by atoms with Crippen molar-refractivity contribution in [2.45, 2.75) is 13.3 Å². The summed E-state index contributed by atoms with van der Waals surface area (Å²) in [6.07, 6.45) is 0.912. The number of anilines is 3. The molecule has 1 heterocycles. The van der Waals surface area contributed by atoms with E-state index < -0.39 is 5.82 Å². The van der Waals surface area contributed by atoms with Gasteiger partial charge in [-0.05, 0) is 36.2 Å². The predicted octanol–water partition coefficient (Wildman–Crippen LogP) is 3.88. The zero-order chi connectivity index (χ0) is 14.5. The number of hydrogen-bond donors (Lipinski definition) is 2. The highest BCUT2D eigenvalue weighted by molar-refractivity contribution is 6.30. The van der Waals surface area contributed by atoms with Gasteiger partial charge in [0.05, 0.1) is 5.69 Å². The molecule has 2 aromatic rings. The lowest BCUT2D eigenvalue weighted by molar-refractivity contribution is 0.631. The third-order valence-corrected chi connectivity index (χ3v) is 2.72. The topological polar surface area (TPSA) is 62.7 Å². The molecule has 1 aromatic carbocycles. The number of benzene rings is 1. The molecule has 0 radical (unpaired) electrons. The van der Waals surface area contributed by atoms with E-state index in [9.17, 15) is 4.39 Å². The number of hydrogen-bond acceptors (Lipinski definition) is 5. The van der Waals surface area contributed by atoms with E-state index in [0.29, 0.717) is 17.5 Å². The van der Waals surface area contributed by atoms with E-state index in [1.807, 2.05) is 6.92 Å². The van der Waals surface area contributed by atoms with Crippen molar-refractivity contribution in [3.05, 3.63) is 34.3 Å². The lowest BCUT2D eigenvalue weighted by Crippen LogP contribution is -2.08. The van der Waals surface area contributed by atoms with Crippen molar-refractivity contribution in [3.8, 4) is 0 Å². The zero-order valence-electron chi connectivity index (χ0n) is 10.6. The molecule has 0 spiro atoms. The lowest BCUT2D eigenvalue weighted by Gasteiger charge is -2.08. The molecule has 0 amide bonds. The van der Waals surface area contributed by atoms with Crippen LogP contribution >= 0.6 is 23.2 Å². The van der Waals surface area contributed by atoms with Gasteiger partial charge < -0.3 is 10.6 Å². The van der Waals surface area contributed by atoms with Gasteiger partial charge in [0.15, 0.2) is 0 Å². The first kappa shape index (κ1) is 14.7. The lowest BCUT2D eigenvalue weighted by atomic mass is 10.3. The number of rotatable bonds is 5. The zero-order valence-corrected chi connectivity index (χ0v) is 12.1. The van der Waals surface area contributed by atoms with E-state index >= 15 is 0 Å². The van der Waals surface area contributed by atoms with Crippen LogP contribution in [0.5, 0.6) is 0 Å². The number of nitrogens with one attached hydrogen (secondary N) is 2. The highest BCUT2D eigenvalue weighted by Crippen LogP contribution is 2.22. The van der Waals surface area contributed by atoms with Gasteiger partial charge >= 0.3 is 0 Å². The Labute approximate surface area is 125 Å². The van der Waals surface area contributed by atoms with Crippen LogP contribution in [-0.4, -0.2) is 21.5 Å². The molecule has 0 saturated heterocycles. The fourth-order valence-electron chi connectivity index (χ4n) is 1.44. The molecule has 106 valence electrons. The van der Waals surface area contributed by atoms with Gasteiger partial charge in [-0.25, -0.2) is 4.39 Å². The average molecular weight is 316 g/mol. The molecule has 0 saturated carbocycles. The smallest absolute Gasteiger partial charge is 0.233 e. The van der Waals surface area contributed by atoms with E-state index in [4.69, 9.17) is 23.2 Å². The first-order valence-corrected chi connectivity index (χ1v) is 6.71. The highest BCUT2D eigenvalue weighted by Gasteiger charge is 2.08. The van der Waals surface area contributed by atoms with E-state index in [1.165, 1.54) is 18.2 Å². The van der Waals surface area contributed by atoms with Gasteiger partial charge in [0, 0.05) is 11.6 Å². The highest BCUT2D eigenvalue weighted by atomic mass is 35.5. The first-order valence-electron chi connectivity index (χ1n) is 5.96. The van der Waals surface area contributed by atoms with Gasteiger partial charge in [-0.15, -0.1) is 0 Å². The summed E-state index contributed by atoms with van der Waals surface area (Å²) in [5, 5.41) is 6.12. The Morgan fingerprint density at radius 2 is 1.90 bits per heavy atom. The normalized spacial score (nSPS) is 10.4. The molecular formula is C12H12Cl2FN5. The van der Waals surface area contributed by atoms with Crippen LogP contribution in [0.15, 0.2) is 18.2 Å². The molecule has 0 atom stereocenters. The van der Waals surface area contributed by atoms with Crippen molar-refractivity contribution in [2.75, 3.05) is 17.2 Å². The molecule has 5 nitrogen and oxygen atoms in total. The molecule has 0 fully saturated rings. The van der Waals surface area contributed by atoms with Crippen LogP contribution < -0.4 is 10.6 Å². The van der Waals surface area contributed by atoms with Crippen LogP contribution in [0.25, 0.3) is 0 Å². The molecule has 8 heteroatoms. The number of nitrogens with zero attached hydrogens (tertiary/aromatic N) is 3. The van der Waals surface area contributed by atoms with Gasteiger partial charge in [0.25, 0.3) is 0 Å². The van der Waals surface area contributed by atoms with Crippen molar-refractivity contribution >= 4 is 40.8 Å². The van der Waals surface area contributed by atoms with Gasteiger partial charge in [0.1, 0.15) is 5.82 Å². The second-order valence-electron chi connectivity index (χ2n) is 3.93. The maximum absolute atomic E-state index is 13.6. The maximum Gasteiger partial charge on any atom is 0.233 e. The fourth-order valence-corrected chi connectivity index (χ4v) is 1.77. The molecule has 20 heavy (non-hydrogen) atoms. The summed E-state index contributed by atoms with van der Waals surface area (Å²) >= 11 is 11.6. The summed E-state index contributed by atoms with van der Waals surface area (Å²) in [7, 11) is 0. The fraction of sp³-hybridized carbons (Fsp3) is 0.250. The minimum atomic E-state index is -0.464. The Kier molecular flexibility index (Phi) is 4.92. The van der Waals surface area contributed by atoms with Gasteiger partial charge in [-0.2, -0.15) is 15.0 Å². The van der Waals surface area contributed by atoms with Crippen molar-refractivity contribution < 1.29 is 4.39 Å². The number of aromatic nitrogens is 3. The van der Waals surface area contributed by atoms with Crippen LogP contribution in [0.1, 0.15) is 13.3 Å². The summed E-state index contributed by atoms with van der Waals surface area (Å²) in [6.45, 7) is 2.71. The minimum absolute atomic E-state index is 0.0172. The van der Waals surface area contributed by atoms with Crippen LogP contribution in [0.4, 0.5) is 22.0 Å². The van der Waals surface area contributed by atoms with Gasteiger partial charge in [-0.1, -0.05) is 18.5 Å². The summed E-state index contributed by atoms with van der Waals surface area (Å²) in [6, 6.07) is 4.15. The standard InChI is InChI=1S/C12H12Cl2FN5/c1-2-5-16-11-18-10(14)19-12(20-11)17-9-6-7(13)3-4-8(9)15/h3-4,6H,2,5H2,1H3,(H2,16,17,18,19,20). The quantitative estimate of drug-likeness (QED) is 0.876. The molecule has 2 rings (SSSR count). The van der Waals surface area contributed by atoms with Crippen LogP contribution in [0.2, 0.25) is 10.3 Å². The Balaban J connectivity index is 2.24. The Hall–Kier alpha value is -1.66. The molecular weight excluding hydrogens is 304 g/mol. The third-order valence-electron chi connectivity index (χ3n) is 2.32. The largest absolute Gasteiger partial charge is 0.354 e. The Bertz CT molecular complexity index is 608. The Morgan fingerprint density at radius 3 is 2.65 bits per heavy atom. The van der Waals surface area contributed by atoms with Crippen LogP contribution in [0, 0.1) is 5.82 Å². The summed E-state index contributed by atoms with van der Waals surface area (Å²) in [5.74, 6) is 0.00978. The summed E-state index contributed by atoms with van der Waals surface area (Å²) in [4.78, 5) is 11.9. The summed E-state index contributed by atoms with van der Waals surface area (Å²) < 4.78 is 13.6. The predicted molar refractivity (Wildman–Crippen MR) is 78.3 cm³/mol. The van der Waals surface area contributed by atoms with Crippen LogP contribution in [-0.2, 0) is 0 Å². The van der Waals surface area contributed by atoms with E-state index in [-0.39, 0.29) is 16.9 Å². The van der Waals surface area contributed by atoms with Crippen LogP contribution in [0.3, 0.4) is 0 Å². The monoisotopic (exact) mass is 315 g/mol.